The van der Waals surface area contributed by atoms with Crippen LogP contribution in [-0.2, 0) is 9.59 Å². The minimum absolute atomic E-state index is 0.635. The summed E-state index contributed by atoms with van der Waals surface area (Å²) in [5.41, 5.74) is 0. The van der Waals surface area contributed by atoms with E-state index in [4.69, 9.17) is 5.11 Å². The van der Waals surface area contributed by atoms with Gasteiger partial charge in [0.05, 0.1) is 6.54 Å². The van der Waals surface area contributed by atoms with Gasteiger partial charge in [-0.3, -0.25) is 4.79 Å². The second-order valence-corrected chi connectivity index (χ2v) is 3.06. The monoisotopic (exact) mass is 193 g/mol. The normalized spacial score (nSPS) is 26.1. The highest BCUT2D eigenvalue weighted by Crippen LogP contribution is 2.31. The van der Waals surface area contributed by atoms with Crippen molar-refractivity contribution in [1.29, 1.82) is 0 Å². The Kier molecular flexibility index (Phi) is 2.23. The van der Waals surface area contributed by atoms with Crippen molar-refractivity contribution in [2.75, 3.05) is 6.54 Å². The molecule has 0 spiro atoms. The lowest BCUT2D eigenvalue weighted by molar-refractivity contribution is -0.147. The molecule has 0 saturated carbocycles. The number of hydrogen-bond acceptors (Lipinski definition) is 2. The average Bonchev–Trinajstić information content (AvgIpc) is 2.26. The number of hydrogen-bond donors (Lipinski definition) is 1. The molecule has 0 aromatic heterocycles. The maximum Gasteiger partial charge on any atom is 0.326 e. The highest BCUT2D eigenvalue weighted by Gasteiger charge is 2.49. The molecule has 0 bridgehead atoms. The van der Waals surface area contributed by atoms with Crippen LogP contribution in [0.15, 0.2) is 0 Å². The summed E-state index contributed by atoms with van der Waals surface area (Å²) in [7, 11) is 0. The number of aliphatic carboxylic acids is 1. The molecule has 0 aliphatic carbocycles. The SMILES string of the molecule is CC(=O)N1CC(F)(F)C[C@@H]1C(=O)O. The Hall–Kier alpha value is -1.20. The highest BCUT2D eigenvalue weighted by atomic mass is 19.3. The van der Waals surface area contributed by atoms with Crippen LogP contribution in [0.25, 0.3) is 0 Å². The average molecular weight is 193 g/mol. The molecule has 1 heterocycles. The minimum atomic E-state index is -3.07. The molecule has 0 radical (unpaired) electrons. The first-order valence-electron chi connectivity index (χ1n) is 3.71. The fourth-order valence-corrected chi connectivity index (χ4v) is 1.37. The largest absolute Gasteiger partial charge is 0.480 e. The van der Waals surface area contributed by atoms with Gasteiger partial charge in [0.15, 0.2) is 0 Å². The van der Waals surface area contributed by atoms with Crippen molar-refractivity contribution in [1.82, 2.24) is 4.90 Å². The number of carbonyl (C=O) groups excluding carboxylic acids is 1. The third kappa shape index (κ3) is 1.93. The summed E-state index contributed by atoms with van der Waals surface area (Å²) < 4.78 is 25.4. The molecule has 1 N–H and O–H groups in total. The molecule has 1 rings (SSSR count). The van der Waals surface area contributed by atoms with Gasteiger partial charge < -0.3 is 10.0 Å². The molecule has 0 aromatic rings. The number of carbonyl (C=O) groups is 2. The molecule has 1 fully saturated rings. The van der Waals surface area contributed by atoms with Gasteiger partial charge in [0.1, 0.15) is 6.04 Å². The number of carboxylic acids is 1. The van der Waals surface area contributed by atoms with Crippen LogP contribution >= 0.6 is 0 Å². The van der Waals surface area contributed by atoms with Gasteiger partial charge in [0.2, 0.25) is 5.91 Å². The van der Waals surface area contributed by atoms with Crippen molar-refractivity contribution >= 4 is 11.9 Å². The van der Waals surface area contributed by atoms with Crippen LogP contribution in [0.5, 0.6) is 0 Å². The van der Waals surface area contributed by atoms with E-state index >= 15 is 0 Å². The number of likely N-dealkylation sites (tertiary alicyclic amines) is 1. The van der Waals surface area contributed by atoms with Crippen molar-refractivity contribution < 1.29 is 23.5 Å². The maximum atomic E-state index is 12.7. The molecule has 0 aromatic carbocycles. The van der Waals surface area contributed by atoms with Crippen LogP contribution in [0.1, 0.15) is 13.3 Å². The van der Waals surface area contributed by atoms with Crippen LogP contribution in [0.2, 0.25) is 0 Å². The van der Waals surface area contributed by atoms with E-state index in [-0.39, 0.29) is 0 Å². The van der Waals surface area contributed by atoms with Crippen molar-refractivity contribution in [2.45, 2.75) is 25.3 Å². The Bertz CT molecular complexity index is 230. The number of rotatable bonds is 1. The van der Waals surface area contributed by atoms with E-state index in [0.717, 1.165) is 6.92 Å². The third-order valence-corrected chi connectivity index (χ3v) is 1.96. The molecule has 13 heavy (non-hydrogen) atoms. The Morgan fingerprint density at radius 3 is 2.38 bits per heavy atom. The number of halogens is 2. The van der Waals surface area contributed by atoms with E-state index in [2.05, 4.69) is 0 Å². The molecular weight excluding hydrogens is 184 g/mol. The van der Waals surface area contributed by atoms with Gasteiger partial charge in [-0.15, -0.1) is 0 Å². The predicted octanol–water partition coefficient (Wildman–Crippen LogP) is 0.327. The first kappa shape index (κ1) is 9.88. The first-order chi connectivity index (χ1) is 5.83. The Morgan fingerprint density at radius 1 is 1.54 bits per heavy atom. The van der Waals surface area contributed by atoms with E-state index < -0.39 is 36.8 Å². The highest BCUT2D eigenvalue weighted by molar-refractivity contribution is 5.83. The summed E-state index contributed by atoms with van der Waals surface area (Å²) in [5.74, 6) is -5.09. The lowest BCUT2D eigenvalue weighted by atomic mass is 10.2. The second kappa shape index (κ2) is 2.93. The molecular formula is C7H9F2NO3. The van der Waals surface area contributed by atoms with Crippen molar-refractivity contribution in [3.05, 3.63) is 0 Å². The summed E-state index contributed by atoms with van der Waals surface area (Å²) >= 11 is 0. The summed E-state index contributed by atoms with van der Waals surface area (Å²) in [6, 6.07) is -1.38. The van der Waals surface area contributed by atoms with Gasteiger partial charge in [-0.05, 0) is 0 Å². The summed E-state index contributed by atoms with van der Waals surface area (Å²) in [5, 5.41) is 8.54. The molecule has 1 atom stereocenters. The number of carboxylic acid groups (broad SMARTS) is 1. The van der Waals surface area contributed by atoms with E-state index in [0.29, 0.717) is 4.90 Å². The van der Waals surface area contributed by atoms with Gasteiger partial charge in [0, 0.05) is 13.3 Å². The van der Waals surface area contributed by atoms with Gasteiger partial charge in [-0.25, -0.2) is 13.6 Å². The van der Waals surface area contributed by atoms with Crippen LogP contribution in [0.4, 0.5) is 8.78 Å². The number of alkyl halides is 2. The van der Waals surface area contributed by atoms with Crippen molar-refractivity contribution in [3.8, 4) is 0 Å². The van der Waals surface area contributed by atoms with E-state index in [1.165, 1.54) is 0 Å². The molecule has 74 valence electrons. The zero-order valence-electron chi connectivity index (χ0n) is 6.96. The van der Waals surface area contributed by atoms with Crippen LogP contribution in [0.3, 0.4) is 0 Å². The Morgan fingerprint density at radius 2 is 2.08 bits per heavy atom. The quantitative estimate of drug-likeness (QED) is 0.652. The molecule has 1 saturated heterocycles. The van der Waals surface area contributed by atoms with E-state index in [9.17, 15) is 18.4 Å². The Labute approximate surface area is 73.1 Å². The lowest BCUT2D eigenvalue weighted by Crippen LogP contribution is -2.39. The lowest BCUT2D eigenvalue weighted by Gasteiger charge is -2.17. The fraction of sp³-hybridized carbons (Fsp3) is 0.714. The van der Waals surface area contributed by atoms with Gasteiger partial charge >= 0.3 is 5.97 Å². The summed E-state index contributed by atoms with van der Waals surface area (Å²) in [4.78, 5) is 21.9. The number of nitrogens with zero attached hydrogens (tertiary/aromatic N) is 1. The topological polar surface area (TPSA) is 57.6 Å². The van der Waals surface area contributed by atoms with Crippen LogP contribution in [-0.4, -0.2) is 40.4 Å². The van der Waals surface area contributed by atoms with Crippen LogP contribution < -0.4 is 0 Å². The van der Waals surface area contributed by atoms with Gasteiger partial charge in [-0.2, -0.15) is 0 Å². The number of amides is 1. The minimum Gasteiger partial charge on any atom is -0.480 e. The molecule has 1 aliphatic rings. The van der Waals surface area contributed by atoms with Crippen molar-refractivity contribution in [2.24, 2.45) is 0 Å². The molecule has 6 heteroatoms. The van der Waals surface area contributed by atoms with Gasteiger partial charge in [-0.1, -0.05) is 0 Å². The standard InChI is InChI=1S/C7H9F2NO3/c1-4(11)10-3-7(8,9)2-5(10)6(12)13/h5H,2-3H2,1H3,(H,12,13)/t5-/m1/s1. The zero-order chi connectivity index (χ0) is 10.2. The molecule has 0 unspecified atom stereocenters. The first-order valence-corrected chi connectivity index (χ1v) is 3.71. The molecule has 1 aliphatic heterocycles. The third-order valence-electron chi connectivity index (χ3n) is 1.96. The van der Waals surface area contributed by atoms with E-state index in [1.54, 1.807) is 0 Å². The molecule has 1 amide bonds. The zero-order valence-corrected chi connectivity index (χ0v) is 6.96. The van der Waals surface area contributed by atoms with Crippen LogP contribution in [0, 0.1) is 0 Å². The summed E-state index contributed by atoms with van der Waals surface area (Å²) in [6.45, 7) is 0.288. The maximum absolute atomic E-state index is 12.7. The predicted molar refractivity (Wildman–Crippen MR) is 38.4 cm³/mol. The Balaban J connectivity index is 2.83. The summed E-state index contributed by atoms with van der Waals surface area (Å²) in [6.07, 6.45) is -0.790. The smallest absolute Gasteiger partial charge is 0.326 e. The molecule has 4 nitrogen and oxygen atoms in total. The van der Waals surface area contributed by atoms with Gasteiger partial charge in [0.25, 0.3) is 5.92 Å². The van der Waals surface area contributed by atoms with Crippen molar-refractivity contribution in [3.63, 3.8) is 0 Å². The van der Waals surface area contributed by atoms with E-state index in [1.807, 2.05) is 0 Å². The fourth-order valence-electron chi connectivity index (χ4n) is 1.37. The second-order valence-electron chi connectivity index (χ2n) is 3.06.